The lowest BCUT2D eigenvalue weighted by atomic mass is 9.86. The first kappa shape index (κ1) is 15.4. The Morgan fingerprint density at radius 1 is 1.38 bits per heavy atom. The van der Waals surface area contributed by atoms with Crippen LogP contribution in [0.4, 0.5) is 0 Å². The van der Waals surface area contributed by atoms with Crippen molar-refractivity contribution < 1.29 is 9.90 Å². The Kier molecular flexibility index (Phi) is 6.60. The van der Waals surface area contributed by atoms with Crippen LogP contribution in [0.25, 0.3) is 0 Å². The van der Waals surface area contributed by atoms with Crippen LogP contribution in [-0.4, -0.2) is 41.7 Å². The molecule has 0 bridgehead atoms. The number of aliphatic hydroxyl groups excluding tert-OH is 1. The lowest BCUT2D eigenvalue weighted by Gasteiger charge is -2.31. The molecule has 0 aromatic rings. The molecule has 0 aliphatic rings. The second-order valence-corrected chi connectivity index (χ2v) is 5.25. The number of rotatable bonds is 6. The van der Waals surface area contributed by atoms with Crippen molar-refractivity contribution in [2.45, 2.75) is 46.6 Å². The molecule has 0 radical (unpaired) electrons. The van der Waals surface area contributed by atoms with Crippen LogP contribution in [0.5, 0.6) is 0 Å². The van der Waals surface area contributed by atoms with E-state index >= 15 is 0 Å². The molecule has 0 rings (SSSR count). The summed E-state index contributed by atoms with van der Waals surface area (Å²) in [6.45, 7) is 8.98. The van der Waals surface area contributed by atoms with E-state index in [0.29, 0.717) is 13.1 Å². The summed E-state index contributed by atoms with van der Waals surface area (Å²) < 4.78 is 0. The van der Waals surface area contributed by atoms with Gasteiger partial charge < -0.3 is 15.7 Å². The average molecular weight is 230 g/mol. The van der Waals surface area contributed by atoms with E-state index in [2.05, 4.69) is 6.92 Å². The number of carbonyl (C=O) groups excluding carboxylic acids is 1. The predicted molar refractivity (Wildman–Crippen MR) is 66.0 cm³/mol. The molecule has 3 N–H and O–H groups in total. The highest BCUT2D eigenvalue weighted by Crippen LogP contribution is 2.19. The van der Waals surface area contributed by atoms with Gasteiger partial charge in [0, 0.05) is 13.1 Å². The molecule has 1 unspecified atom stereocenters. The fraction of sp³-hybridized carbons (Fsp3) is 0.917. The van der Waals surface area contributed by atoms with E-state index in [1.165, 1.54) is 0 Å². The van der Waals surface area contributed by atoms with Crippen LogP contribution in [0, 0.1) is 5.41 Å². The number of nitrogens with two attached hydrogens (primary N) is 1. The van der Waals surface area contributed by atoms with Crippen LogP contribution in [0.2, 0.25) is 0 Å². The molecule has 4 nitrogen and oxygen atoms in total. The zero-order valence-corrected chi connectivity index (χ0v) is 11.0. The minimum absolute atomic E-state index is 0.00762. The molecular weight excluding hydrogens is 204 g/mol. The Bertz CT molecular complexity index is 212. The summed E-state index contributed by atoms with van der Waals surface area (Å²) in [6.07, 6.45) is 1.97. The van der Waals surface area contributed by atoms with Crippen molar-refractivity contribution in [1.82, 2.24) is 4.90 Å². The number of hydrogen-bond donors (Lipinski definition) is 2. The number of aliphatic hydroxyl groups is 1. The smallest absolute Gasteiger partial charge is 0.240 e. The molecule has 0 saturated heterocycles. The van der Waals surface area contributed by atoms with E-state index in [1.54, 1.807) is 4.90 Å². The van der Waals surface area contributed by atoms with E-state index in [1.807, 2.05) is 20.8 Å². The average Bonchev–Trinajstić information content (AvgIpc) is 2.20. The summed E-state index contributed by atoms with van der Waals surface area (Å²) in [7, 11) is 0. The van der Waals surface area contributed by atoms with Crippen LogP contribution in [0.1, 0.15) is 40.5 Å². The van der Waals surface area contributed by atoms with Gasteiger partial charge in [0.15, 0.2) is 0 Å². The van der Waals surface area contributed by atoms with E-state index in [0.717, 1.165) is 12.8 Å². The van der Waals surface area contributed by atoms with Crippen LogP contribution in [-0.2, 0) is 4.79 Å². The van der Waals surface area contributed by atoms with Crippen molar-refractivity contribution in [2.24, 2.45) is 11.1 Å². The molecule has 16 heavy (non-hydrogen) atoms. The maximum atomic E-state index is 12.1. The molecule has 0 saturated carbocycles. The number of carbonyl (C=O) groups is 1. The lowest BCUT2D eigenvalue weighted by molar-refractivity contribution is -0.135. The second kappa shape index (κ2) is 6.86. The van der Waals surface area contributed by atoms with E-state index < -0.39 is 6.04 Å². The van der Waals surface area contributed by atoms with Crippen molar-refractivity contribution in [3.8, 4) is 0 Å². The zero-order chi connectivity index (χ0) is 12.8. The monoisotopic (exact) mass is 230 g/mol. The van der Waals surface area contributed by atoms with Crippen molar-refractivity contribution in [3.63, 3.8) is 0 Å². The van der Waals surface area contributed by atoms with Gasteiger partial charge in [-0.05, 0) is 11.8 Å². The Balaban J connectivity index is 4.47. The molecule has 0 aromatic heterocycles. The number of nitrogens with zero attached hydrogens (tertiary/aromatic N) is 1. The highest BCUT2D eigenvalue weighted by molar-refractivity contribution is 5.82. The van der Waals surface area contributed by atoms with Crippen molar-refractivity contribution in [3.05, 3.63) is 0 Å². The predicted octanol–water partition coefficient (Wildman–Crippen LogP) is 0.981. The van der Waals surface area contributed by atoms with Gasteiger partial charge in [0.1, 0.15) is 0 Å². The van der Waals surface area contributed by atoms with Crippen LogP contribution < -0.4 is 5.73 Å². The standard InChI is InChI=1S/C12H26N2O2/c1-5-6-7-14(8-9-15)11(16)10(13)12(2,3)4/h10,15H,5-9,13H2,1-4H3. The number of unbranched alkanes of at least 4 members (excludes halogenated alkanes) is 1. The molecule has 1 amide bonds. The van der Waals surface area contributed by atoms with Gasteiger partial charge in [0.25, 0.3) is 0 Å². The highest BCUT2D eigenvalue weighted by atomic mass is 16.3. The highest BCUT2D eigenvalue weighted by Gasteiger charge is 2.30. The van der Waals surface area contributed by atoms with Gasteiger partial charge in [-0.15, -0.1) is 0 Å². The van der Waals surface area contributed by atoms with Gasteiger partial charge in [-0.3, -0.25) is 4.79 Å². The van der Waals surface area contributed by atoms with Gasteiger partial charge in [-0.25, -0.2) is 0 Å². The SMILES string of the molecule is CCCCN(CCO)C(=O)C(N)C(C)(C)C. The molecule has 0 aliphatic heterocycles. The molecule has 0 aliphatic carbocycles. The van der Waals surface area contributed by atoms with Crippen molar-refractivity contribution in [2.75, 3.05) is 19.7 Å². The third-order valence-electron chi connectivity index (χ3n) is 2.66. The molecule has 96 valence electrons. The summed E-state index contributed by atoms with van der Waals surface area (Å²) in [5.74, 6) is -0.0602. The maximum absolute atomic E-state index is 12.1. The minimum Gasteiger partial charge on any atom is -0.395 e. The number of amides is 1. The first-order valence-electron chi connectivity index (χ1n) is 5.99. The van der Waals surface area contributed by atoms with Gasteiger partial charge >= 0.3 is 0 Å². The summed E-state index contributed by atoms with van der Waals surface area (Å²) in [5, 5.41) is 8.93. The quantitative estimate of drug-likeness (QED) is 0.715. The Morgan fingerprint density at radius 3 is 2.31 bits per heavy atom. The fourth-order valence-corrected chi connectivity index (χ4v) is 1.37. The minimum atomic E-state index is -0.504. The molecule has 0 aromatic carbocycles. The van der Waals surface area contributed by atoms with Crippen LogP contribution in [0.15, 0.2) is 0 Å². The van der Waals surface area contributed by atoms with Gasteiger partial charge in [0.05, 0.1) is 12.6 Å². The summed E-state index contributed by atoms with van der Waals surface area (Å²) in [5.41, 5.74) is 5.69. The van der Waals surface area contributed by atoms with Crippen molar-refractivity contribution >= 4 is 5.91 Å². The largest absolute Gasteiger partial charge is 0.395 e. The van der Waals surface area contributed by atoms with Crippen LogP contribution in [0.3, 0.4) is 0 Å². The third kappa shape index (κ3) is 4.94. The summed E-state index contributed by atoms with van der Waals surface area (Å²) in [6, 6.07) is -0.504. The van der Waals surface area contributed by atoms with Gasteiger partial charge in [-0.1, -0.05) is 34.1 Å². The van der Waals surface area contributed by atoms with Crippen molar-refractivity contribution in [1.29, 1.82) is 0 Å². The first-order chi connectivity index (χ1) is 7.34. The molecule has 4 heteroatoms. The number of hydrogen-bond acceptors (Lipinski definition) is 3. The fourth-order valence-electron chi connectivity index (χ4n) is 1.37. The second-order valence-electron chi connectivity index (χ2n) is 5.25. The Morgan fingerprint density at radius 2 is 1.94 bits per heavy atom. The summed E-state index contributed by atoms with van der Waals surface area (Å²) in [4.78, 5) is 13.7. The van der Waals surface area contributed by atoms with E-state index in [-0.39, 0.29) is 17.9 Å². The van der Waals surface area contributed by atoms with E-state index in [9.17, 15) is 4.79 Å². The normalized spacial score (nSPS) is 13.6. The Hall–Kier alpha value is -0.610. The molecule has 1 atom stereocenters. The molecular formula is C12H26N2O2. The summed E-state index contributed by atoms with van der Waals surface area (Å²) >= 11 is 0. The maximum Gasteiger partial charge on any atom is 0.240 e. The lowest BCUT2D eigenvalue weighted by Crippen LogP contribution is -2.51. The topological polar surface area (TPSA) is 66.6 Å². The van der Waals surface area contributed by atoms with E-state index in [4.69, 9.17) is 10.8 Å². The molecule has 0 fully saturated rings. The third-order valence-corrected chi connectivity index (χ3v) is 2.66. The first-order valence-corrected chi connectivity index (χ1v) is 5.99. The van der Waals surface area contributed by atoms with Gasteiger partial charge in [0.2, 0.25) is 5.91 Å². The zero-order valence-electron chi connectivity index (χ0n) is 11.0. The molecule has 0 heterocycles. The van der Waals surface area contributed by atoms with Crippen LogP contribution >= 0.6 is 0 Å². The molecule has 0 spiro atoms. The Labute approximate surface area is 98.8 Å². The van der Waals surface area contributed by atoms with Gasteiger partial charge in [-0.2, -0.15) is 0 Å².